The molecule has 1 aliphatic rings. The minimum absolute atomic E-state index is 0.0416. The molecule has 1 aliphatic heterocycles. The van der Waals surface area contributed by atoms with E-state index in [0.717, 1.165) is 30.5 Å². The lowest BCUT2D eigenvalue weighted by molar-refractivity contribution is -0.125. The Kier molecular flexibility index (Phi) is 6.63. The van der Waals surface area contributed by atoms with Gasteiger partial charge in [-0.3, -0.25) is 14.2 Å². The highest BCUT2D eigenvalue weighted by Crippen LogP contribution is 2.26. The number of carbonyl (C=O) groups excluding carboxylic acids is 1. The second kappa shape index (κ2) is 10.00. The normalized spacial score (nSPS) is 16.9. The SMILES string of the molecule is C[C@@H](NC(=O)[C@H]1CCCN(c2nc3ccsc3c(=O)n2Cc2ccccc2)C1)c1ccc(F)cc1. The number of aromatic nitrogens is 2. The lowest BCUT2D eigenvalue weighted by Gasteiger charge is -2.34. The van der Waals surface area contributed by atoms with Crippen LogP contribution in [-0.4, -0.2) is 28.5 Å². The summed E-state index contributed by atoms with van der Waals surface area (Å²) in [4.78, 5) is 33.5. The molecule has 8 heteroatoms. The summed E-state index contributed by atoms with van der Waals surface area (Å²) in [7, 11) is 0. The van der Waals surface area contributed by atoms with Gasteiger partial charge in [0, 0.05) is 13.1 Å². The maximum absolute atomic E-state index is 13.4. The number of carbonyl (C=O) groups is 1. The van der Waals surface area contributed by atoms with Crippen molar-refractivity contribution in [3.8, 4) is 0 Å². The maximum Gasteiger partial charge on any atom is 0.273 e. The van der Waals surface area contributed by atoms with Crippen molar-refractivity contribution in [3.63, 3.8) is 0 Å². The van der Waals surface area contributed by atoms with Gasteiger partial charge in [-0.25, -0.2) is 9.37 Å². The topological polar surface area (TPSA) is 67.2 Å². The van der Waals surface area contributed by atoms with Crippen LogP contribution >= 0.6 is 11.3 Å². The van der Waals surface area contributed by atoms with E-state index < -0.39 is 0 Å². The minimum atomic E-state index is -0.299. The van der Waals surface area contributed by atoms with Crippen LogP contribution in [0.3, 0.4) is 0 Å². The Morgan fingerprint density at radius 1 is 1.17 bits per heavy atom. The van der Waals surface area contributed by atoms with Crippen molar-refractivity contribution in [3.05, 3.63) is 93.3 Å². The summed E-state index contributed by atoms with van der Waals surface area (Å²) in [5.74, 6) is 0.0349. The van der Waals surface area contributed by atoms with E-state index >= 15 is 0 Å². The number of fused-ring (bicyclic) bond motifs is 1. The van der Waals surface area contributed by atoms with Crippen LogP contribution in [0, 0.1) is 11.7 Å². The smallest absolute Gasteiger partial charge is 0.273 e. The van der Waals surface area contributed by atoms with Crippen LogP contribution < -0.4 is 15.8 Å². The molecule has 0 bridgehead atoms. The Morgan fingerprint density at radius 2 is 1.94 bits per heavy atom. The van der Waals surface area contributed by atoms with Gasteiger partial charge < -0.3 is 10.2 Å². The van der Waals surface area contributed by atoms with E-state index in [0.29, 0.717) is 29.3 Å². The van der Waals surface area contributed by atoms with Gasteiger partial charge in [0.1, 0.15) is 10.5 Å². The summed E-state index contributed by atoms with van der Waals surface area (Å²) in [6.07, 6.45) is 1.59. The number of hydrogen-bond acceptors (Lipinski definition) is 5. The highest BCUT2D eigenvalue weighted by molar-refractivity contribution is 7.17. The summed E-state index contributed by atoms with van der Waals surface area (Å²) >= 11 is 1.40. The van der Waals surface area contributed by atoms with Gasteiger partial charge >= 0.3 is 0 Å². The number of piperidine rings is 1. The predicted octanol–water partition coefficient (Wildman–Crippen LogP) is 4.74. The number of benzene rings is 2. The van der Waals surface area contributed by atoms with Crippen molar-refractivity contribution in [2.24, 2.45) is 5.92 Å². The van der Waals surface area contributed by atoms with E-state index in [4.69, 9.17) is 4.98 Å². The largest absolute Gasteiger partial charge is 0.349 e. The van der Waals surface area contributed by atoms with E-state index in [1.54, 1.807) is 16.7 Å². The Balaban J connectivity index is 1.39. The van der Waals surface area contributed by atoms with E-state index in [-0.39, 0.29) is 29.2 Å². The molecule has 0 spiro atoms. The van der Waals surface area contributed by atoms with Crippen LogP contribution in [0.2, 0.25) is 0 Å². The Hall–Kier alpha value is -3.52. The molecule has 0 aliphatic carbocycles. The summed E-state index contributed by atoms with van der Waals surface area (Å²) in [6.45, 7) is 3.53. The van der Waals surface area contributed by atoms with Gasteiger partial charge in [0.15, 0.2) is 0 Å². The first-order valence-electron chi connectivity index (χ1n) is 11.8. The molecule has 6 nitrogen and oxygen atoms in total. The summed E-state index contributed by atoms with van der Waals surface area (Å²) < 4.78 is 15.6. The quantitative estimate of drug-likeness (QED) is 0.424. The van der Waals surface area contributed by atoms with Crippen LogP contribution in [0.15, 0.2) is 70.8 Å². The van der Waals surface area contributed by atoms with E-state index in [2.05, 4.69) is 10.2 Å². The predicted molar refractivity (Wildman–Crippen MR) is 137 cm³/mol. The highest BCUT2D eigenvalue weighted by atomic mass is 32.1. The molecule has 5 rings (SSSR count). The van der Waals surface area contributed by atoms with Gasteiger partial charge in [-0.05, 0) is 54.5 Å². The average molecular weight is 491 g/mol. The van der Waals surface area contributed by atoms with Gasteiger partial charge in [-0.15, -0.1) is 11.3 Å². The zero-order valence-electron chi connectivity index (χ0n) is 19.5. The van der Waals surface area contributed by atoms with Crippen molar-refractivity contribution in [2.45, 2.75) is 32.4 Å². The summed E-state index contributed by atoms with van der Waals surface area (Å²) in [5.41, 5.74) is 2.51. The van der Waals surface area contributed by atoms with Crippen LogP contribution in [-0.2, 0) is 11.3 Å². The van der Waals surface area contributed by atoms with Crippen LogP contribution in [0.1, 0.15) is 36.9 Å². The van der Waals surface area contributed by atoms with Crippen molar-refractivity contribution in [2.75, 3.05) is 18.0 Å². The van der Waals surface area contributed by atoms with Crippen molar-refractivity contribution in [1.29, 1.82) is 0 Å². The number of amides is 1. The summed E-state index contributed by atoms with van der Waals surface area (Å²) in [6, 6.07) is 17.7. The van der Waals surface area contributed by atoms with E-state index in [1.807, 2.05) is 48.7 Å². The van der Waals surface area contributed by atoms with Crippen molar-refractivity contribution < 1.29 is 9.18 Å². The molecule has 1 saturated heterocycles. The number of halogens is 1. The first kappa shape index (κ1) is 23.2. The molecule has 1 amide bonds. The number of nitrogens with zero attached hydrogens (tertiary/aromatic N) is 3. The molecule has 0 unspecified atom stereocenters. The van der Waals surface area contributed by atoms with E-state index in [1.165, 1.54) is 23.5 Å². The first-order valence-corrected chi connectivity index (χ1v) is 12.7. The molecule has 1 N–H and O–H groups in total. The van der Waals surface area contributed by atoms with Gasteiger partial charge in [0.25, 0.3) is 5.56 Å². The fourth-order valence-corrected chi connectivity index (χ4v) is 5.40. The fraction of sp³-hybridized carbons (Fsp3) is 0.296. The zero-order valence-corrected chi connectivity index (χ0v) is 20.3. The van der Waals surface area contributed by atoms with Crippen molar-refractivity contribution in [1.82, 2.24) is 14.9 Å². The number of anilines is 1. The molecule has 2 atom stereocenters. The second-order valence-electron chi connectivity index (χ2n) is 8.99. The first-order chi connectivity index (χ1) is 17.0. The molecule has 180 valence electrons. The molecule has 3 heterocycles. The molecular weight excluding hydrogens is 463 g/mol. The van der Waals surface area contributed by atoms with E-state index in [9.17, 15) is 14.0 Å². The summed E-state index contributed by atoms with van der Waals surface area (Å²) in [5, 5.41) is 4.96. The van der Waals surface area contributed by atoms with Crippen LogP contribution in [0.25, 0.3) is 10.2 Å². The van der Waals surface area contributed by atoms with Gasteiger partial charge in [0.2, 0.25) is 11.9 Å². The minimum Gasteiger partial charge on any atom is -0.349 e. The third-order valence-electron chi connectivity index (χ3n) is 6.53. The molecule has 2 aromatic carbocycles. The Morgan fingerprint density at radius 3 is 2.71 bits per heavy atom. The Labute approximate surface area is 207 Å². The number of thiophene rings is 1. The number of nitrogens with one attached hydrogen (secondary N) is 1. The molecule has 35 heavy (non-hydrogen) atoms. The van der Waals surface area contributed by atoms with Crippen molar-refractivity contribution >= 4 is 33.4 Å². The third kappa shape index (κ3) is 4.98. The van der Waals surface area contributed by atoms with Gasteiger partial charge in [0.05, 0.1) is 24.0 Å². The molecule has 4 aromatic rings. The lowest BCUT2D eigenvalue weighted by Crippen LogP contribution is -2.45. The average Bonchev–Trinajstić information content (AvgIpc) is 3.36. The number of hydrogen-bond donors (Lipinski definition) is 1. The van der Waals surface area contributed by atoms with Gasteiger partial charge in [-0.2, -0.15) is 0 Å². The van der Waals surface area contributed by atoms with Gasteiger partial charge in [-0.1, -0.05) is 42.5 Å². The molecule has 0 radical (unpaired) electrons. The fourth-order valence-electron chi connectivity index (χ4n) is 4.62. The Bertz CT molecular complexity index is 1380. The standard InChI is InChI=1S/C27H27FN4O2S/c1-18(20-9-11-22(28)12-10-20)29-25(33)21-8-5-14-31(17-21)27-30-23-13-15-35-24(23)26(34)32(27)16-19-6-3-2-4-7-19/h2-4,6-7,9-13,15,18,21H,5,8,14,16-17H2,1H3,(H,29,33)/t18-,21+/m1/s1. The molecule has 2 aromatic heterocycles. The maximum atomic E-state index is 13.4. The number of rotatable bonds is 6. The molecule has 0 saturated carbocycles. The molecular formula is C27H27FN4O2S. The second-order valence-corrected chi connectivity index (χ2v) is 9.91. The highest BCUT2D eigenvalue weighted by Gasteiger charge is 2.29. The monoisotopic (exact) mass is 490 g/mol. The third-order valence-corrected chi connectivity index (χ3v) is 7.42. The van der Waals surface area contributed by atoms with Crippen LogP contribution in [0.4, 0.5) is 10.3 Å². The van der Waals surface area contributed by atoms with Crippen LogP contribution in [0.5, 0.6) is 0 Å². The zero-order chi connectivity index (χ0) is 24.4. The lowest BCUT2D eigenvalue weighted by atomic mass is 9.96. The molecule has 1 fully saturated rings.